The van der Waals surface area contributed by atoms with E-state index < -0.39 is 22.5 Å². The molecule has 3 aromatic rings. The second-order valence-electron chi connectivity index (χ2n) is 7.65. The molecule has 0 atom stereocenters. The number of carbonyl (C=O) groups excluding carboxylic acids is 2. The number of methoxy groups -OCH3 is 1. The van der Waals surface area contributed by atoms with Gasteiger partial charge >= 0.3 is 0 Å². The highest BCUT2D eigenvalue weighted by Gasteiger charge is 2.27. The molecule has 3 rings (SSSR count). The molecule has 0 aliphatic rings. The Bertz CT molecular complexity index is 1360. The Labute approximate surface area is 223 Å². The van der Waals surface area contributed by atoms with Crippen LogP contribution in [-0.4, -0.2) is 39.6 Å². The van der Waals surface area contributed by atoms with E-state index in [-0.39, 0.29) is 16.5 Å². The Morgan fingerprint density at radius 2 is 1.56 bits per heavy atom. The summed E-state index contributed by atoms with van der Waals surface area (Å²) in [6.07, 6.45) is 0. The number of halogens is 1. The molecule has 0 bridgehead atoms. The highest BCUT2D eigenvalue weighted by Crippen LogP contribution is 2.26. The first-order valence-corrected chi connectivity index (χ1v) is 13.3. The van der Waals surface area contributed by atoms with Crippen LogP contribution in [0.15, 0.2) is 82.8 Å². The summed E-state index contributed by atoms with van der Waals surface area (Å²) in [5.41, 5.74) is 4.57. The largest absolute Gasteiger partial charge is 0.497 e. The minimum absolute atomic E-state index is 0.0428. The van der Waals surface area contributed by atoms with Gasteiger partial charge in [0.1, 0.15) is 12.3 Å². The number of anilines is 2. The quantitative estimate of drug-likeness (QED) is 0.213. The molecule has 9 nitrogen and oxygen atoms in total. The summed E-state index contributed by atoms with van der Waals surface area (Å²) >= 11 is 2.20. The second kappa shape index (κ2) is 12.0. The van der Waals surface area contributed by atoms with Crippen molar-refractivity contribution in [3.63, 3.8) is 0 Å². The van der Waals surface area contributed by atoms with E-state index in [1.54, 1.807) is 31.2 Å². The fraction of sp³-hybridized carbons (Fsp3) is 0.160. The van der Waals surface area contributed by atoms with Gasteiger partial charge in [-0.15, -0.1) is 0 Å². The molecular formula is C25H25IN4O5S. The molecule has 0 saturated carbocycles. The molecule has 3 aromatic carbocycles. The van der Waals surface area contributed by atoms with Crippen molar-refractivity contribution in [2.24, 2.45) is 5.10 Å². The summed E-state index contributed by atoms with van der Waals surface area (Å²) in [5.74, 6) is -0.352. The maximum absolute atomic E-state index is 13.5. The van der Waals surface area contributed by atoms with Crippen LogP contribution in [0.5, 0.6) is 5.75 Å². The number of hydrogen-bond donors (Lipinski definition) is 2. The van der Waals surface area contributed by atoms with Gasteiger partial charge in [0.25, 0.3) is 15.9 Å². The molecule has 0 saturated heterocycles. The van der Waals surface area contributed by atoms with Crippen LogP contribution in [0, 0.1) is 3.57 Å². The zero-order valence-corrected chi connectivity index (χ0v) is 22.8. The Balaban J connectivity index is 1.87. The fourth-order valence-corrected chi connectivity index (χ4v) is 4.95. The Morgan fingerprint density at radius 1 is 0.944 bits per heavy atom. The normalized spacial score (nSPS) is 11.5. The number of nitrogens with one attached hydrogen (secondary N) is 2. The molecule has 0 radical (unpaired) electrons. The second-order valence-corrected chi connectivity index (χ2v) is 10.8. The lowest BCUT2D eigenvalue weighted by molar-refractivity contribution is -0.119. The fourth-order valence-electron chi connectivity index (χ4n) is 3.17. The maximum Gasteiger partial charge on any atom is 0.264 e. The van der Waals surface area contributed by atoms with Gasteiger partial charge in [0.15, 0.2) is 0 Å². The minimum Gasteiger partial charge on any atom is -0.497 e. The lowest BCUT2D eigenvalue weighted by atomic mass is 10.1. The summed E-state index contributed by atoms with van der Waals surface area (Å²) in [5, 5.41) is 6.72. The first-order valence-electron chi connectivity index (χ1n) is 10.7. The van der Waals surface area contributed by atoms with Crippen molar-refractivity contribution in [1.29, 1.82) is 0 Å². The summed E-state index contributed by atoms with van der Waals surface area (Å²) < 4.78 is 34.3. The number of ether oxygens (including phenoxy) is 1. The van der Waals surface area contributed by atoms with Gasteiger partial charge in [-0.25, -0.2) is 13.8 Å². The standard InChI is InChI=1S/C25H25IN4O5S/c1-17(19-4-6-20(26)7-5-19)28-29-25(32)16-30(22-10-12-23(35-3)13-11-22)36(33,34)24-14-8-21(9-15-24)27-18(2)31/h4-15H,16H2,1-3H3,(H,27,31)(H,29,32)/b28-17-. The van der Waals surface area contributed by atoms with Gasteiger partial charge in [0.2, 0.25) is 5.91 Å². The topological polar surface area (TPSA) is 117 Å². The lowest BCUT2D eigenvalue weighted by Gasteiger charge is -2.24. The molecule has 188 valence electrons. The molecule has 2 amide bonds. The molecule has 2 N–H and O–H groups in total. The molecule has 11 heteroatoms. The van der Waals surface area contributed by atoms with E-state index in [2.05, 4.69) is 38.4 Å². The third-order valence-electron chi connectivity index (χ3n) is 5.02. The molecule has 0 spiro atoms. The average molecular weight is 620 g/mol. The van der Waals surface area contributed by atoms with Crippen molar-refractivity contribution in [1.82, 2.24) is 5.43 Å². The maximum atomic E-state index is 13.5. The smallest absolute Gasteiger partial charge is 0.264 e. The Morgan fingerprint density at radius 3 is 2.11 bits per heavy atom. The molecule has 0 heterocycles. The van der Waals surface area contributed by atoms with Crippen molar-refractivity contribution in [2.45, 2.75) is 18.7 Å². The van der Waals surface area contributed by atoms with Crippen LogP contribution in [0.25, 0.3) is 0 Å². The third-order valence-corrected chi connectivity index (χ3v) is 7.53. The molecular weight excluding hydrogens is 595 g/mol. The monoisotopic (exact) mass is 620 g/mol. The molecule has 36 heavy (non-hydrogen) atoms. The van der Waals surface area contributed by atoms with Crippen LogP contribution in [0.3, 0.4) is 0 Å². The number of amides is 2. The van der Waals surface area contributed by atoms with Crippen molar-refractivity contribution in [3.05, 3.63) is 81.9 Å². The van der Waals surface area contributed by atoms with Gasteiger partial charge in [0, 0.05) is 16.2 Å². The molecule has 0 aliphatic carbocycles. The number of hydrogen-bond acceptors (Lipinski definition) is 6. The van der Waals surface area contributed by atoms with Gasteiger partial charge < -0.3 is 10.1 Å². The van der Waals surface area contributed by atoms with Crippen LogP contribution < -0.4 is 19.8 Å². The molecule has 0 fully saturated rings. The molecule has 0 aliphatic heterocycles. The van der Waals surface area contributed by atoms with Crippen LogP contribution >= 0.6 is 22.6 Å². The number of nitrogens with zero attached hydrogens (tertiary/aromatic N) is 2. The zero-order valence-electron chi connectivity index (χ0n) is 19.9. The minimum atomic E-state index is -4.14. The Kier molecular flexibility index (Phi) is 9.04. The van der Waals surface area contributed by atoms with E-state index in [9.17, 15) is 18.0 Å². The number of benzene rings is 3. The number of rotatable bonds is 9. The van der Waals surface area contributed by atoms with Crippen LogP contribution in [0.2, 0.25) is 0 Å². The van der Waals surface area contributed by atoms with Crippen molar-refractivity contribution in [2.75, 3.05) is 23.3 Å². The predicted molar refractivity (Wildman–Crippen MR) is 148 cm³/mol. The molecule has 0 aromatic heterocycles. The summed E-state index contributed by atoms with van der Waals surface area (Å²) in [4.78, 5) is 24.0. The van der Waals surface area contributed by atoms with E-state index in [1.165, 1.54) is 38.3 Å². The van der Waals surface area contributed by atoms with E-state index in [0.717, 1.165) is 13.4 Å². The zero-order chi connectivity index (χ0) is 26.3. The Hall–Kier alpha value is -3.45. The van der Waals surface area contributed by atoms with Crippen molar-refractivity contribution in [3.8, 4) is 5.75 Å². The van der Waals surface area contributed by atoms with E-state index in [0.29, 0.717) is 17.1 Å². The van der Waals surface area contributed by atoms with Crippen molar-refractivity contribution >= 4 is 61.5 Å². The summed E-state index contributed by atoms with van der Waals surface area (Å²) in [6, 6.07) is 19.6. The predicted octanol–water partition coefficient (Wildman–Crippen LogP) is 3.99. The first kappa shape index (κ1) is 27.1. The highest BCUT2D eigenvalue weighted by atomic mass is 127. The third kappa shape index (κ3) is 7.04. The first-order chi connectivity index (χ1) is 17.1. The van der Waals surface area contributed by atoms with Crippen LogP contribution in [0.4, 0.5) is 11.4 Å². The number of hydrazone groups is 1. The van der Waals surface area contributed by atoms with Crippen molar-refractivity contribution < 1.29 is 22.7 Å². The van der Waals surface area contributed by atoms with Crippen LogP contribution in [-0.2, 0) is 19.6 Å². The number of carbonyl (C=O) groups is 2. The summed E-state index contributed by atoms with van der Waals surface area (Å²) in [6.45, 7) is 2.60. The van der Waals surface area contributed by atoms with Crippen LogP contribution in [0.1, 0.15) is 19.4 Å². The average Bonchev–Trinajstić information content (AvgIpc) is 2.86. The number of sulfonamides is 1. The SMILES string of the molecule is COc1ccc(N(CC(=O)N/N=C(/C)c2ccc(I)cc2)S(=O)(=O)c2ccc(NC(C)=O)cc2)cc1. The summed E-state index contributed by atoms with van der Waals surface area (Å²) in [7, 11) is -2.64. The lowest BCUT2D eigenvalue weighted by Crippen LogP contribution is -2.39. The highest BCUT2D eigenvalue weighted by molar-refractivity contribution is 14.1. The van der Waals surface area contributed by atoms with Gasteiger partial charge in [-0.3, -0.25) is 13.9 Å². The van der Waals surface area contributed by atoms with Gasteiger partial charge in [-0.2, -0.15) is 5.10 Å². The van der Waals surface area contributed by atoms with Gasteiger partial charge in [-0.05, 0) is 95.7 Å². The van der Waals surface area contributed by atoms with E-state index in [4.69, 9.17) is 4.74 Å². The van der Waals surface area contributed by atoms with E-state index in [1.807, 2.05) is 24.3 Å². The van der Waals surface area contributed by atoms with Gasteiger partial charge in [0.05, 0.1) is 23.4 Å². The van der Waals surface area contributed by atoms with E-state index >= 15 is 0 Å². The van der Waals surface area contributed by atoms with Gasteiger partial charge in [-0.1, -0.05) is 12.1 Å². The molecule has 0 unspecified atom stereocenters.